The summed E-state index contributed by atoms with van der Waals surface area (Å²) in [5, 5.41) is 11.5. The second kappa shape index (κ2) is 6.92. The van der Waals surface area contributed by atoms with Gasteiger partial charge in [0.05, 0.1) is 12.5 Å². The minimum Gasteiger partial charge on any atom is -0.481 e. The zero-order valence-electron chi connectivity index (χ0n) is 11.6. The Morgan fingerprint density at radius 1 is 1.30 bits per heavy atom. The molecule has 1 atom stereocenters. The quantitative estimate of drug-likeness (QED) is 0.773. The van der Waals surface area contributed by atoms with E-state index < -0.39 is 23.7 Å². The van der Waals surface area contributed by atoms with Crippen molar-refractivity contribution in [2.45, 2.75) is 38.8 Å². The van der Waals surface area contributed by atoms with Crippen molar-refractivity contribution in [2.24, 2.45) is 0 Å². The first-order valence-electron chi connectivity index (χ1n) is 6.14. The van der Waals surface area contributed by atoms with E-state index in [9.17, 15) is 9.59 Å². The highest BCUT2D eigenvalue weighted by molar-refractivity contribution is 14.1. The molecule has 0 aromatic heterocycles. The molecule has 0 aliphatic rings. The largest absolute Gasteiger partial charge is 0.481 e. The Bertz CT molecular complexity index is 479. The van der Waals surface area contributed by atoms with Gasteiger partial charge in [0.1, 0.15) is 5.60 Å². The molecular formula is C14H18INO4. The normalized spacial score (nSPS) is 12.6. The molecule has 0 unspecified atom stereocenters. The summed E-state index contributed by atoms with van der Waals surface area (Å²) in [7, 11) is 0. The fourth-order valence-corrected chi connectivity index (χ4v) is 1.93. The number of aliphatic carboxylic acids is 1. The van der Waals surface area contributed by atoms with Gasteiger partial charge < -0.3 is 15.2 Å². The van der Waals surface area contributed by atoms with E-state index in [-0.39, 0.29) is 6.42 Å². The Balaban J connectivity index is 2.82. The van der Waals surface area contributed by atoms with Crippen LogP contribution in [0.15, 0.2) is 24.3 Å². The van der Waals surface area contributed by atoms with E-state index in [1.165, 1.54) is 0 Å². The molecule has 0 radical (unpaired) electrons. The molecule has 1 aromatic carbocycles. The van der Waals surface area contributed by atoms with Crippen LogP contribution in [-0.2, 0) is 9.53 Å². The number of ether oxygens (including phenoxy) is 1. The van der Waals surface area contributed by atoms with E-state index in [4.69, 9.17) is 9.84 Å². The van der Waals surface area contributed by atoms with E-state index in [0.717, 1.165) is 9.13 Å². The van der Waals surface area contributed by atoms with Crippen LogP contribution in [0.2, 0.25) is 0 Å². The lowest BCUT2D eigenvalue weighted by Crippen LogP contribution is -2.35. The Kier molecular flexibility index (Phi) is 5.79. The summed E-state index contributed by atoms with van der Waals surface area (Å²) < 4.78 is 6.19. The lowest BCUT2D eigenvalue weighted by Gasteiger charge is -2.23. The van der Waals surface area contributed by atoms with Crippen molar-refractivity contribution in [1.29, 1.82) is 0 Å². The first-order chi connectivity index (χ1) is 9.17. The monoisotopic (exact) mass is 391 g/mol. The topological polar surface area (TPSA) is 75.6 Å². The highest BCUT2D eigenvalue weighted by Crippen LogP contribution is 2.19. The molecule has 0 spiro atoms. The maximum Gasteiger partial charge on any atom is 0.408 e. The molecule has 0 saturated carbocycles. The molecule has 0 aliphatic heterocycles. The number of hydrogen-bond donors (Lipinski definition) is 2. The summed E-state index contributed by atoms with van der Waals surface area (Å²) in [6.07, 6.45) is -0.817. The van der Waals surface area contributed by atoms with E-state index >= 15 is 0 Å². The van der Waals surface area contributed by atoms with E-state index in [1.807, 2.05) is 12.1 Å². The zero-order chi connectivity index (χ0) is 15.3. The minimum absolute atomic E-state index is 0.195. The highest BCUT2D eigenvalue weighted by Gasteiger charge is 2.22. The van der Waals surface area contributed by atoms with Gasteiger partial charge in [0.2, 0.25) is 0 Å². The third-order valence-corrected chi connectivity index (χ3v) is 3.06. The van der Waals surface area contributed by atoms with E-state index in [2.05, 4.69) is 27.9 Å². The zero-order valence-corrected chi connectivity index (χ0v) is 13.8. The third-order valence-electron chi connectivity index (χ3n) is 2.34. The van der Waals surface area contributed by atoms with Gasteiger partial charge in [-0.15, -0.1) is 0 Å². The number of benzene rings is 1. The number of carboxylic acid groups (broad SMARTS) is 1. The molecule has 0 heterocycles. The maximum atomic E-state index is 11.8. The van der Waals surface area contributed by atoms with Gasteiger partial charge in [-0.25, -0.2) is 4.79 Å². The molecule has 6 heteroatoms. The van der Waals surface area contributed by atoms with Gasteiger partial charge in [0.15, 0.2) is 0 Å². The van der Waals surface area contributed by atoms with Crippen molar-refractivity contribution in [2.75, 3.05) is 0 Å². The molecule has 1 rings (SSSR count). The summed E-state index contributed by atoms with van der Waals surface area (Å²) in [5.41, 5.74) is 0.114. The molecule has 5 nitrogen and oxygen atoms in total. The molecule has 110 valence electrons. The van der Waals surface area contributed by atoms with Crippen LogP contribution in [0, 0.1) is 3.57 Å². The van der Waals surface area contributed by atoms with Crippen LogP contribution < -0.4 is 5.32 Å². The summed E-state index contributed by atoms with van der Waals surface area (Å²) >= 11 is 2.16. The lowest BCUT2D eigenvalue weighted by molar-refractivity contribution is -0.137. The first kappa shape index (κ1) is 16.7. The molecule has 0 bridgehead atoms. The van der Waals surface area contributed by atoms with Crippen LogP contribution in [0.1, 0.15) is 38.8 Å². The lowest BCUT2D eigenvalue weighted by atomic mass is 10.0. The molecule has 1 amide bonds. The van der Waals surface area contributed by atoms with Gasteiger partial charge in [-0.3, -0.25) is 4.79 Å². The highest BCUT2D eigenvalue weighted by atomic mass is 127. The van der Waals surface area contributed by atoms with Crippen molar-refractivity contribution >= 4 is 34.7 Å². The van der Waals surface area contributed by atoms with Gasteiger partial charge in [-0.1, -0.05) is 12.1 Å². The summed E-state index contributed by atoms with van der Waals surface area (Å²) in [5.74, 6) is -0.982. The fourth-order valence-electron chi connectivity index (χ4n) is 1.57. The average Bonchev–Trinajstić information content (AvgIpc) is 2.25. The van der Waals surface area contributed by atoms with Gasteiger partial charge in [-0.05, 0) is 61.1 Å². The van der Waals surface area contributed by atoms with Crippen LogP contribution >= 0.6 is 22.6 Å². The molecule has 2 N–H and O–H groups in total. The van der Waals surface area contributed by atoms with Crippen LogP contribution in [-0.4, -0.2) is 22.8 Å². The molecule has 0 fully saturated rings. The number of rotatable bonds is 4. The summed E-state index contributed by atoms with van der Waals surface area (Å²) in [4.78, 5) is 22.7. The smallest absolute Gasteiger partial charge is 0.408 e. The van der Waals surface area contributed by atoms with E-state index in [0.29, 0.717) is 0 Å². The molecule has 1 aromatic rings. The Morgan fingerprint density at radius 3 is 2.30 bits per heavy atom. The molecular weight excluding hydrogens is 373 g/mol. The number of alkyl carbamates (subject to hydrolysis) is 1. The Labute approximate surface area is 131 Å². The van der Waals surface area contributed by atoms with E-state index in [1.54, 1.807) is 32.9 Å². The second-order valence-corrected chi connectivity index (χ2v) is 6.59. The van der Waals surface area contributed by atoms with Crippen molar-refractivity contribution in [3.63, 3.8) is 0 Å². The van der Waals surface area contributed by atoms with Crippen molar-refractivity contribution < 1.29 is 19.4 Å². The SMILES string of the molecule is CC(C)(C)OC(=O)N[C@H](CC(=O)O)c1ccc(I)cc1. The number of nitrogens with one attached hydrogen (secondary N) is 1. The van der Waals surface area contributed by atoms with Crippen molar-refractivity contribution in [3.8, 4) is 0 Å². The summed E-state index contributed by atoms with van der Waals surface area (Å²) in [6, 6.07) is 6.71. The number of amides is 1. The number of carbonyl (C=O) groups excluding carboxylic acids is 1. The van der Waals surface area contributed by atoms with Crippen LogP contribution in [0.5, 0.6) is 0 Å². The Morgan fingerprint density at radius 2 is 1.85 bits per heavy atom. The van der Waals surface area contributed by atoms with Gasteiger partial charge in [0.25, 0.3) is 0 Å². The standard InChI is InChI=1S/C14H18INO4/c1-14(2,3)20-13(19)16-11(8-12(17)18)9-4-6-10(15)7-5-9/h4-7,11H,8H2,1-3H3,(H,16,19)(H,17,18)/t11-/m1/s1. The van der Waals surface area contributed by atoms with Gasteiger partial charge in [0, 0.05) is 3.57 Å². The summed E-state index contributed by atoms with van der Waals surface area (Å²) in [6.45, 7) is 5.26. The molecule has 0 saturated heterocycles. The minimum atomic E-state index is -0.982. The van der Waals surface area contributed by atoms with Crippen molar-refractivity contribution in [1.82, 2.24) is 5.32 Å². The third kappa shape index (κ3) is 6.23. The second-order valence-electron chi connectivity index (χ2n) is 5.35. The van der Waals surface area contributed by atoms with Crippen LogP contribution in [0.25, 0.3) is 0 Å². The van der Waals surface area contributed by atoms with Crippen molar-refractivity contribution in [3.05, 3.63) is 33.4 Å². The van der Waals surface area contributed by atoms with Gasteiger partial charge in [-0.2, -0.15) is 0 Å². The first-order valence-corrected chi connectivity index (χ1v) is 7.22. The molecule has 0 aliphatic carbocycles. The predicted molar refractivity (Wildman–Crippen MR) is 83.5 cm³/mol. The Hall–Kier alpha value is -1.31. The van der Waals surface area contributed by atoms with Gasteiger partial charge >= 0.3 is 12.1 Å². The van der Waals surface area contributed by atoms with Crippen LogP contribution in [0.4, 0.5) is 4.79 Å². The fraction of sp³-hybridized carbons (Fsp3) is 0.429. The molecule has 20 heavy (non-hydrogen) atoms. The number of halogens is 1. The average molecular weight is 391 g/mol. The maximum absolute atomic E-state index is 11.8. The predicted octanol–water partition coefficient (Wildman–Crippen LogP) is 3.33. The van der Waals surface area contributed by atoms with Crippen LogP contribution in [0.3, 0.4) is 0 Å². The number of hydrogen-bond acceptors (Lipinski definition) is 3. The number of carboxylic acids is 1. The number of carbonyl (C=O) groups is 2.